The smallest absolute Gasteiger partial charge is 0.333 e. The lowest BCUT2D eigenvalue weighted by Gasteiger charge is -2.21. The topological polar surface area (TPSA) is 67.8 Å². The zero-order valence-electron chi connectivity index (χ0n) is 15.0. The van der Waals surface area contributed by atoms with Gasteiger partial charge >= 0.3 is 5.97 Å². The number of phenolic OH excluding ortho intramolecular Hbond substituents is 1. The zero-order chi connectivity index (χ0) is 19.2. The molecule has 5 nitrogen and oxygen atoms in total. The van der Waals surface area contributed by atoms with Crippen molar-refractivity contribution < 1.29 is 19.4 Å². The minimum atomic E-state index is -0.885. The van der Waals surface area contributed by atoms with Gasteiger partial charge in [0.1, 0.15) is 18.1 Å². The standard InChI is InChI=1S/C22H21NO4/c1-3-14-27-22(25)21(23-16-9-11-17(26-2)12-10-16)20-18-7-5-4-6-15(18)8-13-19(20)24/h3-13,21,23-24H,1,14H2,2H3. The van der Waals surface area contributed by atoms with Gasteiger partial charge in [-0.2, -0.15) is 0 Å². The van der Waals surface area contributed by atoms with Crippen LogP contribution in [-0.4, -0.2) is 24.8 Å². The van der Waals surface area contributed by atoms with Crippen molar-refractivity contribution in [2.75, 3.05) is 19.0 Å². The first kappa shape index (κ1) is 18.3. The quantitative estimate of drug-likeness (QED) is 0.480. The predicted octanol–water partition coefficient (Wildman–Crippen LogP) is 4.44. The fraction of sp³-hybridized carbons (Fsp3) is 0.136. The molecule has 1 atom stereocenters. The van der Waals surface area contributed by atoms with Crippen molar-refractivity contribution in [3.05, 3.63) is 78.9 Å². The Bertz CT molecular complexity index is 950. The summed E-state index contributed by atoms with van der Waals surface area (Å²) < 4.78 is 10.4. The molecule has 3 aromatic carbocycles. The van der Waals surface area contributed by atoms with Crippen LogP contribution in [0.5, 0.6) is 11.5 Å². The van der Waals surface area contributed by atoms with Crippen LogP contribution in [0.3, 0.4) is 0 Å². The average molecular weight is 363 g/mol. The maximum Gasteiger partial charge on any atom is 0.333 e. The van der Waals surface area contributed by atoms with Crippen molar-refractivity contribution in [3.63, 3.8) is 0 Å². The van der Waals surface area contributed by atoms with Gasteiger partial charge in [0, 0.05) is 11.3 Å². The first-order valence-electron chi connectivity index (χ1n) is 8.52. The number of carbonyl (C=O) groups excluding carboxylic acids is 1. The van der Waals surface area contributed by atoms with Crippen LogP contribution in [0.4, 0.5) is 5.69 Å². The molecule has 0 saturated heterocycles. The zero-order valence-corrected chi connectivity index (χ0v) is 15.0. The Morgan fingerprint density at radius 3 is 2.59 bits per heavy atom. The molecule has 0 fully saturated rings. The number of nitrogens with one attached hydrogen (secondary N) is 1. The number of hydrogen-bond acceptors (Lipinski definition) is 5. The summed E-state index contributed by atoms with van der Waals surface area (Å²) in [5, 5.41) is 15.4. The lowest BCUT2D eigenvalue weighted by atomic mass is 9.97. The van der Waals surface area contributed by atoms with Crippen molar-refractivity contribution in [2.24, 2.45) is 0 Å². The van der Waals surface area contributed by atoms with Gasteiger partial charge in [-0.05, 0) is 41.1 Å². The second-order valence-electron chi connectivity index (χ2n) is 5.94. The van der Waals surface area contributed by atoms with Gasteiger partial charge in [-0.25, -0.2) is 4.79 Å². The molecule has 0 radical (unpaired) electrons. The van der Waals surface area contributed by atoms with Crippen molar-refractivity contribution in [2.45, 2.75) is 6.04 Å². The lowest BCUT2D eigenvalue weighted by Crippen LogP contribution is -2.24. The molecular formula is C22H21NO4. The molecule has 0 heterocycles. The van der Waals surface area contributed by atoms with Crippen molar-refractivity contribution >= 4 is 22.4 Å². The number of rotatable bonds is 7. The van der Waals surface area contributed by atoms with Gasteiger partial charge in [0.15, 0.2) is 6.04 Å². The van der Waals surface area contributed by atoms with Crippen LogP contribution in [-0.2, 0) is 9.53 Å². The average Bonchev–Trinajstić information content (AvgIpc) is 2.71. The molecular weight excluding hydrogens is 342 g/mol. The molecule has 0 spiro atoms. The van der Waals surface area contributed by atoms with E-state index in [9.17, 15) is 9.90 Å². The second-order valence-corrected chi connectivity index (χ2v) is 5.94. The number of ether oxygens (including phenoxy) is 2. The van der Waals surface area contributed by atoms with Gasteiger partial charge in [0.2, 0.25) is 0 Å². The third-order valence-electron chi connectivity index (χ3n) is 4.22. The van der Waals surface area contributed by atoms with E-state index in [1.54, 1.807) is 37.4 Å². The van der Waals surface area contributed by atoms with Gasteiger partial charge in [-0.1, -0.05) is 43.0 Å². The number of benzene rings is 3. The van der Waals surface area contributed by atoms with E-state index in [4.69, 9.17) is 9.47 Å². The molecule has 2 N–H and O–H groups in total. The van der Waals surface area contributed by atoms with Crippen LogP contribution in [0, 0.1) is 0 Å². The van der Waals surface area contributed by atoms with E-state index in [0.29, 0.717) is 17.0 Å². The molecule has 138 valence electrons. The van der Waals surface area contributed by atoms with Crippen molar-refractivity contribution in [1.82, 2.24) is 0 Å². The summed E-state index contributed by atoms with van der Waals surface area (Å²) in [4.78, 5) is 12.8. The second kappa shape index (κ2) is 8.27. The number of methoxy groups -OCH3 is 1. The van der Waals surface area contributed by atoms with Crippen LogP contribution in [0.25, 0.3) is 10.8 Å². The van der Waals surface area contributed by atoms with Crippen LogP contribution >= 0.6 is 0 Å². The number of aromatic hydroxyl groups is 1. The fourth-order valence-electron chi connectivity index (χ4n) is 2.91. The van der Waals surface area contributed by atoms with Crippen LogP contribution in [0.1, 0.15) is 11.6 Å². The predicted molar refractivity (Wildman–Crippen MR) is 106 cm³/mol. The Morgan fingerprint density at radius 2 is 1.89 bits per heavy atom. The van der Waals surface area contributed by atoms with Gasteiger partial charge in [0.05, 0.1) is 7.11 Å². The number of hydrogen-bond donors (Lipinski definition) is 2. The summed E-state index contributed by atoms with van der Waals surface area (Å²) in [5.41, 5.74) is 1.17. The Labute approximate surface area is 157 Å². The molecule has 0 bridgehead atoms. The Kier molecular flexibility index (Phi) is 5.61. The molecule has 0 aromatic heterocycles. The van der Waals surface area contributed by atoms with Gasteiger partial charge in [-0.3, -0.25) is 0 Å². The maximum absolute atomic E-state index is 12.8. The number of fused-ring (bicyclic) bond motifs is 1. The van der Waals surface area contributed by atoms with Crippen LogP contribution in [0.15, 0.2) is 73.3 Å². The normalized spacial score (nSPS) is 11.6. The number of anilines is 1. The van der Waals surface area contributed by atoms with E-state index in [-0.39, 0.29) is 12.4 Å². The molecule has 0 amide bonds. The number of phenols is 1. The highest BCUT2D eigenvalue weighted by molar-refractivity contribution is 5.94. The summed E-state index contributed by atoms with van der Waals surface area (Å²) in [6.45, 7) is 3.66. The van der Waals surface area contributed by atoms with E-state index in [1.165, 1.54) is 6.08 Å². The fourth-order valence-corrected chi connectivity index (χ4v) is 2.91. The minimum Gasteiger partial charge on any atom is -0.508 e. The maximum atomic E-state index is 12.8. The molecule has 1 unspecified atom stereocenters. The first-order chi connectivity index (χ1) is 13.1. The summed E-state index contributed by atoms with van der Waals surface area (Å²) in [5.74, 6) is 0.229. The van der Waals surface area contributed by atoms with Crippen molar-refractivity contribution in [3.8, 4) is 11.5 Å². The molecule has 0 aliphatic heterocycles. The Morgan fingerprint density at radius 1 is 1.15 bits per heavy atom. The van der Waals surface area contributed by atoms with E-state index < -0.39 is 12.0 Å². The summed E-state index contributed by atoms with van der Waals surface area (Å²) in [6, 6.07) is 17.3. The highest BCUT2D eigenvalue weighted by Gasteiger charge is 2.27. The van der Waals surface area contributed by atoms with Crippen molar-refractivity contribution in [1.29, 1.82) is 0 Å². The molecule has 0 saturated carbocycles. The molecule has 0 aliphatic rings. The SMILES string of the molecule is C=CCOC(=O)C(Nc1ccc(OC)cc1)c1c(O)ccc2ccccc12. The third-order valence-corrected chi connectivity index (χ3v) is 4.22. The highest BCUT2D eigenvalue weighted by atomic mass is 16.5. The van der Waals surface area contributed by atoms with Crippen LogP contribution in [0.2, 0.25) is 0 Å². The summed E-state index contributed by atoms with van der Waals surface area (Å²) >= 11 is 0. The van der Waals surface area contributed by atoms with E-state index in [1.807, 2.05) is 30.3 Å². The van der Waals surface area contributed by atoms with Gasteiger partial charge < -0.3 is 19.9 Å². The summed E-state index contributed by atoms with van der Waals surface area (Å²) in [6.07, 6.45) is 1.51. The van der Waals surface area contributed by atoms with Crippen LogP contribution < -0.4 is 10.1 Å². The summed E-state index contributed by atoms with van der Waals surface area (Å²) in [7, 11) is 1.59. The van der Waals surface area contributed by atoms with Gasteiger partial charge in [0.25, 0.3) is 0 Å². The van der Waals surface area contributed by atoms with E-state index >= 15 is 0 Å². The number of carbonyl (C=O) groups is 1. The minimum absolute atomic E-state index is 0.0234. The third kappa shape index (κ3) is 4.03. The first-order valence-corrected chi connectivity index (χ1v) is 8.52. The number of esters is 1. The van der Waals surface area contributed by atoms with E-state index in [2.05, 4.69) is 11.9 Å². The lowest BCUT2D eigenvalue weighted by molar-refractivity contribution is -0.143. The molecule has 3 aromatic rings. The molecule has 3 rings (SSSR count). The Balaban J connectivity index is 2.05. The molecule has 5 heteroatoms. The Hall–Kier alpha value is -3.47. The van der Waals surface area contributed by atoms with E-state index in [0.717, 1.165) is 10.8 Å². The molecule has 0 aliphatic carbocycles. The van der Waals surface area contributed by atoms with Gasteiger partial charge in [-0.15, -0.1) is 0 Å². The monoisotopic (exact) mass is 363 g/mol. The molecule has 27 heavy (non-hydrogen) atoms. The largest absolute Gasteiger partial charge is 0.508 e. The highest BCUT2D eigenvalue weighted by Crippen LogP contribution is 2.35.